The first-order valence-corrected chi connectivity index (χ1v) is 8.33. The predicted molar refractivity (Wildman–Crippen MR) is 94.3 cm³/mol. The molecule has 0 aliphatic carbocycles. The largest absolute Gasteiger partial charge is 0.319 e. The molecule has 1 amide bonds. The lowest BCUT2D eigenvalue weighted by molar-refractivity contribution is 0.102. The molecule has 0 aliphatic rings. The van der Waals surface area contributed by atoms with Gasteiger partial charge in [0.2, 0.25) is 0 Å². The van der Waals surface area contributed by atoms with E-state index in [1.54, 1.807) is 34.7 Å². The summed E-state index contributed by atoms with van der Waals surface area (Å²) in [5, 5.41) is 10.3. The van der Waals surface area contributed by atoms with Gasteiger partial charge in [-0.25, -0.2) is 19.9 Å². The summed E-state index contributed by atoms with van der Waals surface area (Å²) in [6.07, 6.45) is 4.89. The van der Waals surface area contributed by atoms with E-state index >= 15 is 0 Å². The molecule has 0 atom stereocenters. The predicted octanol–water partition coefficient (Wildman–Crippen LogP) is 2.44. The summed E-state index contributed by atoms with van der Waals surface area (Å²) in [6, 6.07) is 3.59. The number of nitrogens with one attached hydrogen (secondary N) is 1. The molecule has 124 valence electrons. The molecule has 0 fully saturated rings. The van der Waals surface area contributed by atoms with Gasteiger partial charge in [-0.05, 0) is 19.1 Å². The number of carbonyl (C=O) groups is 1. The molecule has 0 saturated carbocycles. The van der Waals surface area contributed by atoms with Gasteiger partial charge in [-0.15, -0.1) is 11.3 Å². The average molecular weight is 351 g/mol. The van der Waals surface area contributed by atoms with Crippen molar-refractivity contribution in [2.45, 2.75) is 6.92 Å². The molecule has 0 unspecified atom stereocenters. The van der Waals surface area contributed by atoms with Crippen LogP contribution < -0.4 is 5.32 Å². The van der Waals surface area contributed by atoms with Crippen molar-refractivity contribution in [1.82, 2.24) is 29.7 Å². The van der Waals surface area contributed by atoms with Crippen LogP contribution in [-0.2, 0) is 7.05 Å². The minimum atomic E-state index is -0.305. The zero-order valence-electron chi connectivity index (χ0n) is 13.5. The fourth-order valence-corrected chi connectivity index (χ4v) is 3.21. The number of amides is 1. The summed E-state index contributed by atoms with van der Waals surface area (Å²) >= 11 is 1.32. The van der Waals surface area contributed by atoms with Gasteiger partial charge >= 0.3 is 0 Å². The van der Waals surface area contributed by atoms with Gasteiger partial charge in [0.25, 0.3) is 5.91 Å². The van der Waals surface area contributed by atoms with E-state index in [4.69, 9.17) is 0 Å². The van der Waals surface area contributed by atoms with Crippen LogP contribution in [0.2, 0.25) is 0 Å². The molecule has 0 radical (unpaired) electrons. The lowest BCUT2D eigenvalue weighted by Gasteiger charge is -2.03. The Kier molecular flexibility index (Phi) is 3.69. The molecule has 0 saturated heterocycles. The van der Waals surface area contributed by atoms with E-state index in [2.05, 4.69) is 30.4 Å². The Bertz CT molecular complexity index is 1070. The van der Waals surface area contributed by atoms with Crippen LogP contribution in [0.5, 0.6) is 0 Å². The van der Waals surface area contributed by atoms with E-state index in [1.165, 1.54) is 11.3 Å². The quantitative estimate of drug-likeness (QED) is 0.609. The van der Waals surface area contributed by atoms with Crippen LogP contribution in [0.4, 0.5) is 5.69 Å². The highest BCUT2D eigenvalue weighted by Gasteiger charge is 2.14. The highest BCUT2D eigenvalue weighted by Crippen LogP contribution is 2.22. The third-order valence-electron chi connectivity index (χ3n) is 3.61. The summed E-state index contributed by atoms with van der Waals surface area (Å²) in [6.45, 7) is 1.90. The summed E-state index contributed by atoms with van der Waals surface area (Å²) in [7, 11) is 1.84. The SMILES string of the molecule is Cc1nn(C)c2ncc(NC(=O)c3csc(-c4ncccn4)n3)cc12. The molecule has 8 nitrogen and oxygen atoms in total. The summed E-state index contributed by atoms with van der Waals surface area (Å²) in [5.41, 5.74) is 2.54. The number of aryl methyl sites for hydroxylation is 2. The first-order chi connectivity index (χ1) is 12.1. The van der Waals surface area contributed by atoms with E-state index in [-0.39, 0.29) is 5.91 Å². The van der Waals surface area contributed by atoms with Gasteiger partial charge in [0.15, 0.2) is 16.5 Å². The molecule has 0 spiro atoms. The minimum absolute atomic E-state index is 0.305. The van der Waals surface area contributed by atoms with Crippen LogP contribution in [0.1, 0.15) is 16.2 Å². The van der Waals surface area contributed by atoms with Gasteiger partial charge in [-0.3, -0.25) is 9.48 Å². The second-order valence-electron chi connectivity index (χ2n) is 5.37. The van der Waals surface area contributed by atoms with Crippen molar-refractivity contribution >= 4 is 34.0 Å². The van der Waals surface area contributed by atoms with E-state index in [1.807, 2.05) is 20.0 Å². The Morgan fingerprint density at radius 1 is 1.24 bits per heavy atom. The molecule has 4 aromatic rings. The Balaban J connectivity index is 1.58. The highest BCUT2D eigenvalue weighted by molar-refractivity contribution is 7.13. The van der Waals surface area contributed by atoms with Gasteiger partial charge < -0.3 is 5.32 Å². The Hall–Kier alpha value is -3.20. The molecule has 9 heteroatoms. The van der Waals surface area contributed by atoms with Crippen molar-refractivity contribution in [1.29, 1.82) is 0 Å². The number of aromatic nitrogens is 6. The van der Waals surface area contributed by atoms with E-state index in [0.717, 1.165) is 16.7 Å². The van der Waals surface area contributed by atoms with E-state index in [0.29, 0.717) is 22.2 Å². The molecule has 4 rings (SSSR count). The summed E-state index contributed by atoms with van der Waals surface area (Å²) in [5.74, 6) is 0.196. The maximum atomic E-state index is 12.4. The van der Waals surface area contributed by atoms with Crippen LogP contribution in [0.15, 0.2) is 36.1 Å². The second-order valence-corrected chi connectivity index (χ2v) is 6.23. The first kappa shape index (κ1) is 15.3. The average Bonchev–Trinajstić information content (AvgIpc) is 3.22. The Morgan fingerprint density at radius 3 is 2.84 bits per heavy atom. The van der Waals surface area contributed by atoms with Crippen molar-refractivity contribution < 1.29 is 4.79 Å². The van der Waals surface area contributed by atoms with E-state index in [9.17, 15) is 4.79 Å². The van der Waals surface area contributed by atoms with Crippen molar-refractivity contribution in [2.75, 3.05) is 5.32 Å². The molecule has 4 aromatic heterocycles. The van der Waals surface area contributed by atoms with Crippen LogP contribution in [0.25, 0.3) is 21.9 Å². The van der Waals surface area contributed by atoms with Crippen LogP contribution in [0, 0.1) is 6.92 Å². The zero-order valence-corrected chi connectivity index (χ0v) is 14.3. The monoisotopic (exact) mass is 351 g/mol. The second kappa shape index (κ2) is 6.02. The number of nitrogens with zero attached hydrogens (tertiary/aromatic N) is 6. The Morgan fingerprint density at radius 2 is 2.04 bits per heavy atom. The number of pyridine rings is 1. The first-order valence-electron chi connectivity index (χ1n) is 7.45. The maximum Gasteiger partial charge on any atom is 0.275 e. The van der Waals surface area contributed by atoms with Gasteiger partial charge in [-0.2, -0.15) is 5.10 Å². The van der Waals surface area contributed by atoms with Crippen molar-refractivity contribution in [3.8, 4) is 10.8 Å². The number of anilines is 1. The normalized spacial score (nSPS) is 11.0. The van der Waals surface area contributed by atoms with Crippen LogP contribution in [0.3, 0.4) is 0 Å². The van der Waals surface area contributed by atoms with Gasteiger partial charge in [0.1, 0.15) is 5.69 Å². The van der Waals surface area contributed by atoms with Gasteiger partial charge in [0, 0.05) is 30.2 Å². The van der Waals surface area contributed by atoms with Crippen LogP contribution >= 0.6 is 11.3 Å². The number of hydrogen-bond donors (Lipinski definition) is 1. The summed E-state index contributed by atoms with van der Waals surface area (Å²) in [4.78, 5) is 29.4. The lowest BCUT2D eigenvalue weighted by atomic mass is 10.2. The number of thiazole rings is 1. The fraction of sp³-hybridized carbons (Fsp3) is 0.125. The Labute approximate surface area is 146 Å². The van der Waals surface area contributed by atoms with Gasteiger partial charge in [0.05, 0.1) is 17.6 Å². The molecule has 0 bridgehead atoms. The molecule has 1 N–H and O–H groups in total. The van der Waals surface area contributed by atoms with Gasteiger partial charge in [-0.1, -0.05) is 0 Å². The van der Waals surface area contributed by atoms with Crippen molar-refractivity contribution in [2.24, 2.45) is 7.05 Å². The topological polar surface area (TPSA) is 98.5 Å². The molecule has 0 aromatic carbocycles. The molecular weight excluding hydrogens is 338 g/mol. The number of hydrogen-bond acceptors (Lipinski definition) is 7. The molecule has 0 aliphatic heterocycles. The number of carbonyl (C=O) groups excluding carboxylic acids is 1. The lowest BCUT2D eigenvalue weighted by Crippen LogP contribution is -2.12. The van der Waals surface area contributed by atoms with Crippen LogP contribution in [-0.4, -0.2) is 35.6 Å². The van der Waals surface area contributed by atoms with E-state index < -0.39 is 0 Å². The third-order valence-corrected chi connectivity index (χ3v) is 4.45. The molecular formula is C16H13N7OS. The summed E-state index contributed by atoms with van der Waals surface area (Å²) < 4.78 is 1.71. The number of fused-ring (bicyclic) bond motifs is 1. The fourth-order valence-electron chi connectivity index (χ4n) is 2.46. The number of rotatable bonds is 3. The standard InChI is InChI=1S/C16H13N7OS/c1-9-11-6-10(7-19-14(11)23(2)22-9)20-15(24)12-8-25-16(21-12)13-17-4-3-5-18-13/h3-8H,1-2H3,(H,20,24). The minimum Gasteiger partial charge on any atom is -0.319 e. The maximum absolute atomic E-state index is 12.4. The highest BCUT2D eigenvalue weighted by atomic mass is 32.1. The third kappa shape index (κ3) is 2.85. The van der Waals surface area contributed by atoms with Crippen molar-refractivity contribution in [3.05, 3.63) is 47.5 Å². The molecule has 25 heavy (non-hydrogen) atoms. The smallest absolute Gasteiger partial charge is 0.275 e. The van der Waals surface area contributed by atoms with Crippen molar-refractivity contribution in [3.63, 3.8) is 0 Å². The molecule has 4 heterocycles. The zero-order chi connectivity index (χ0) is 17.4.